The molecular weight excluding hydrogens is 574 g/mol. The Bertz CT molecular complexity index is 1480. The van der Waals surface area contributed by atoms with E-state index in [-0.39, 0.29) is 6.42 Å². The lowest BCUT2D eigenvalue weighted by atomic mass is 9.90. The maximum absolute atomic E-state index is 14.8. The fourth-order valence-electron chi connectivity index (χ4n) is 4.77. The SMILES string of the molecule is C#Cc1ccc(C(C(=O)Nc2c(C)cccc2Cl)N(C(=O)C(Cc2ccccc2)NC(=O)OC(C)(C)C)C(C)(C)CC)cc1. The molecule has 0 aromatic heterocycles. The number of halogens is 1. The Balaban J connectivity index is 2.18. The van der Waals surface area contributed by atoms with Crippen LogP contribution in [-0.4, -0.2) is 40.0 Å². The number of carbonyl (C=O) groups is 3. The number of alkyl carbamates (subject to hydrolysis) is 1. The minimum atomic E-state index is -1.10. The van der Waals surface area contributed by atoms with Crippen LogP contribution in [0.1, 0.15) is 76.3 Å². The van der Waals surface area contributed by atoms with E-state index in [1.165, 1.54) is 0 Å². The van der Waals surface area contributed by atoms with Gasteiger partial charge in [0.05, 0.1) is 10.7 Å². The van der Waals surface area contributed by atoms with E-state index in [0.29, 0.717) is 28.3 Å². The first-order valence-corrected chi connectivity index (χ1v) is 15.0. The van der Waals surface area contributed by atoms with Gasteiger partial charge in [0.2, 0.25) is 5.91 Å². The second-order valence-electron chi connectivity index (χ2n) is 12.4. The van der Waals surface area contributed by atoms with E-state index in [0.717, 1.165) is 11.1 Å². The van der Waals surface area contributed by atoms with E-state index in [2.05, 4.69) is 16.6 Å². The number of para-hydroxylation sites is 1. The Kier molecular flexibility index (Phi) is 11.2. The number of benzene rings is 3. The van der Waals surface area contributed by atoms with Gasteiger partial charge in [-0.25, -0.2) is 4.79 Å². The zero-order chi connectivity index (χ0) is 32.7. The van der Waals surface area contributed by atoms with Crippen molar-refractivity contribution < 1.29 is 19.1 Å². The topological polar surface area (TPSA) is 87.7 Å². The first-order valence-electron chi connectivity index (χ1n) is 14.7. The predicted molar refractivity (Wildman–Crippen MR) is 176 cm³/mol. The van der Waals surface area contributed by atoms with E-state index in [9.17, 15) is 14.4 Å². The average Bonchev–Trinajstić information content (AvgIpc) is 2.96. The summed E-state index contributed by atoms with van der Waals surface area (Å²) in [4.78, 5) is 43.8. The molecule has 0 saturated carbocycles. The molecule has 0 aliphatic heterocycles. The van der Waals surface area contributed by atoms with Crippen molar-refractivity contribution in [2.45, 2.75) is 84.5 Å². The third-order valence-electron chi connectivity index (χ3n) is 7.40. The summed E-state index contributed by atoms with van der Waals surface area (Å²) in [5, 5.41) is 6.15. The second kappa shape index (κ2) is 14.5. The van der Waals surface area contributed by atoms with E-state index in [4.69, 9.17) is 22.8 Å². The quantitative estimate of drug-likeness (QED) is 0.232. The van der Waals surface area contributed by atoms with Crippen LogP contribution in [0.25, 0.3) is 0 Å². The standard InChI is InChI=1S/C36H42ClN3O4/c1-9-25-19-21-27(22-20-25)31(32(41)39-30-24(3)15-14-18-28(30)37)40(36(7,8)10-2)33(42)29(23-26-16-12-11-13-17-26)38-34(43)44-35(4,5)6/h1,11-22,29,31H,10,23H2,2-8H3,(H,38,43)(H,39,41). The molecule has 0 fully saturated rings. The lowest BCUT2D eigenvalue weighted by Crippen LogP contribution is -2.59. The number of aryl methyl sites for hydroxylation is 1. The van der Waals surface area contributed by atoms with Gasteiger partial charge in [0.25, 0.3) is 5.91 Å². The summed E-state index contributed by atoms with van der Waals surface area (Å²) in [5.41, 5.74) is 1.65. The van der Waals surface area contributed by atoms with Crippen LogP contribution in [0.4, 0.5) is 10.5 Å². The molecule has 2 atom stereocenters. The second-order valence-corrected chi connectivity index (χ2v) is 12.8. The smallest absolute Gasteiger partial charge is 0.408 e. The first-order chi connectivity index (χ1) is 20.7. The number of nitrogens with zero attached hydrogens (tertiary/aromatic N) is 1. The summed E-state index contributed by atoms with van der Waals surface area (Å²) in [7, 11) is 0. The van der Waals surface area contributed by atoms with Gasteiger partial charge < -0.3 is 20.3 Å². The number of terminal acetylenes is 1. The number of amides is 3. The monoisotopic (exact) mass is 615 g/mol. The number of hydrogen-bond donors (Lipinski definition) is 2. The molecular formula is C36H42ClN3O4. The molecule has 7 nitrogen and oxygen atoms in total. The predicted octanol–water partition coefficient (Wildman–Crippen LogP) is 7.46. The summed E-state index contributed by atoms with van der Waals surface area (Å²) in [6, 6.07) is 19.6. The fraction of sp³-hybridized carbons (Fsp3) is 0.361. The van der Waals surface area contributed by atoms with Crippen molar-refractivity contribution in [2.24, 2.45) is 0 Å². The normalized spacial score (nSPS) is 12.8. The highest BCUT2D eigenvalue weighted by atomic mass is 35.5. The Morgan fingerprint density at radius 2 is 1.59 bits per heavy atom. The zero-order valence-corrected chi connectivity index (χ0v) is 27.3. The largest absolute Gasteiger partial charge is 0.444 e. The molecule has 0 saturated heterocycles. The highest BCUT2D eigenvalue weighted by Gasteiger charge is 2.43. The molecule has 3 aromatic carbocycles. The maximum atomic E-state index is 14.8. The van der Waals surface area contributed by atoms with E-state index < -0.39 is 41.1 Å². The molecule has 0 aliphatic carbocycles. The maximum Gasteiger partial charge on any atom is 0.408 e. The van der Waals surface area contributed by atoms with Gasteiger partial charge in [0.15, 0.2) is 0 Å². The van der Waals surface area contributed by atoms with Gasteiger partial charge in [-0.15, -0.1) is 6.42 Å². The molecule has 2 unspecified atom stereocenters. The van der Waals surface area contributed by atoms with Gasteiger partial charge in [-0.1, -0.05) is 79.0 Å². The van der Waals surface area contributed by atoms with Crippen LogP contribution in [0.15, 0.2) is 72.8 Å². The molecule has 0 spiro atoms. The molecule has 3 aromatic rings. The molecule has 0 aliphatic rings. The van der Waals surface area contributed by atoms with Crippen LogP contribution in [0.5, 0.6) is 0 Å². The molecule has 8 heteroatoms. The molecule has 0 bridgehead atoms. The minimum Gasteiger partial charge on any atom is -0.444 e. The fourth-order valence-corrected chi connectivity index (χ4v) is 5.04. The zero-order valence-electron chi connectivity index (χ0n) is 26.5. The van der Waals surface area contributed by atoms with Gasteiger partial charge in [-0.05, 0) is 82.9 Å². The molecule has 0 radical (unpaired) electrons. The Hall–Kier alpha value is -4.28. The lowest BCUT2D eigenvalue weighted by Gasteiger charge is -2.44. The van der Waals surface area contributed by atoms with Crippen molar-refractivity contribution in [3.63, 3.8) is 0 Å². The molecule has 3 amide bonds. The van der Waals surface area contributed by atoms with Crippen LogP contribution in [0.2, 0.25) is 5.02 Å². The van der Waals surface area contributed by atoms with E-state index >= 15 is 0 Å². The number of hydrogen-bond acceptors (Lipinski definition) is 4. The summed E-state index contributed by atoms with van der Waals surface area (Å²) in [6.07, 6.45) is 5.58. The van der Waals surface area contributed by atoms with Crippen molar-refractivity contribution in [1.29, 1.82) is 0 Å². The van der Waals surface area contributed by atoms with Gasteiger partial charge in [0.1, 0.15) is 17.7 Å². The van der Waals surface area contributed by atoms with Gasteiger partial charge in [0, 0.05) is 17.5 Å². The first kappa shape index (κ1) is 34.2. The highest BCUT2D eigenvalue weighted by Crippen LogP contribution is 2.35. The lowest BCUT2D eigenvalue weighted by molar-refractivity contribution is -0.147. The van der Waals surface area contributed by atoms with Gasteiger partial charge in [-0.2, -0.15) is 0 Å². The number of ether oxygens (including phenoxy) is 1. The molecule has 2 N–H and O–H groups in total. The Morgan fingerprint density at radius 1 is 0.955 bits per heavy atom. The highest BCUT2D eigenvalue weighted by molar-refractivity contribution is 6.34. The van der Waals surface area contributed by atoms with Crippen LogP contribution < -0.4 is 10.6 Å². The van der Waals surface area contributed by atoms with Crippen LogP contribution in [0, 0.1) is 19.3 Å². The summed E-state index contributed by atoms with van der Waals surface area (Å²) < 4.78 is 5.54. The summed E-state index contributed by atoms with van der Waals surface area (Å²) in [5.74, 6) is 1.70. The molecule has 3 rings (SSSR count). The molecule has 0 heterocycles. The Morgan fingerprint density at radius 3 is 2.14 bits per heavy atom. The van der Waals surface area contributed by atoms with Crippen LogP contribution in [0.3, 0.4) is 0 Å². The Labute approximate surface area is 266 Å². The van der Waals surface area contributed by atoms with Crippen LogP contribution in [-0.2, 0) is 20.7 Å². The minimum absolute atomic E-state index is 0.184. The summed E-state index contributed by atoms with van der Waals surface area (Å²) >= 11 is 6.50. The van der Waals surface area contributed by atoms with Crippen molar-refractivity contribution in [3.8, 4) is 12.3 Å². The molecule has 232 valence electrons. The summed E-state index contributed by atoms with van der Waals surface area (Å²) in [6.45, 7) is 12.8. The van der Waals surface area contributed by atoms with Crippen LogP contribution >= 0.6 is 11.6 Å². The third kappa shape index (κ3) is 8.87. The van der Waals surface area contributed by atoms with Crippen molar-refractivity contribution >= 4 is 35.2 Å². The van der Waals surface area contributed by atoms with Crippen molar-refractivity contribution in [1.82, 2.24) is 10.2 Å². The average molecular weight is 616 g/mol. The van der Waals surface area contributed by atoms with Crippen molar-refractivity contribution in [3.05, 3.63) is 100 Å². The molecule has 44 heavy (non-hydrogen) atoms. The van der Waals surface area contributed by atoms with Crippen molar-refractivity contribution in [2.75, 3.05) is 5.32 Å². The number of rotatable bonds is 10. The number of anilines is 1. The third-order valence-corrected chi connectivity index (χ3v) is 7.71. The number of nitrogens with one attached hydrogen (secondary N) is 2. The van der Waals surface area contributed by atoms with Gasteiger partial charge >= 0.3 is 6.09 Å². The van der Waals surface area contributed by atoms with E-state index in [1.807, 2.05) is 64.1 Å². The number of carbonyl (C=O) groups excluding carboxylic acids is 3. The van der Waals surface area contributed by atoms with E-state index in [1.54, 1.807) is 62.1 Å². The van der Waals surface area contributed by atoms with Gasteiger partial charge in [-0.3, -0.25) is 9.59 Å².